The Hall–Kier alpha value is -1.98. The van der Waals surface area contributed by atoms with Crippen molar-refractivity contribution in [1.29, 1.82) is 0 Å². The van der Waals surface area contributed by atoms with Gasteiger partial charge in [0.25, 0.3) is 0 Å². The molecule has 4 nitrogen and oxygen atoms in total. The van der Waals surface area contributed by atoms with Crippen LogP contribution in [0, 0.1) is 0 Å². The van der Waals surface area contributed by atoms with Crippen LogP contribution in [0.3, 0.4) is 0 Å². The zero-order valence-electron chi connectivity index (χ0n) is 12.1. The molecule has 2 unspecified atom stereocenters. The Labute approximate surface area is 133 Å². The van der Waals surface area contributed by atoms with E-state index in [4.69, 9.17) is 4.74 Å². The molecule has 2 aromatic rings. The number of anilines is 1. The molecular weight excluding hydrogens is 298 g/mol. The zero-order chi connectivity index (χ0) is 15.5. The van der Waals surface area contributed by atoms with Crippen LogP contribution < -0.4 is 10.1 Å². The van der Waals surface area contributed by atoms with Crippen LogP contribution in [0.5, 0.6) is 5.75 Å². The molecule has 22 heavy (non-hydrogen) atoms. The minimum absolute atomic E-state index is 0.225. The third-order valence-electron chi connectivity index (χ3n) is 3.73. The summed E-state index contributed by atoms with van der Waals surface area (Å²) in [7, 11) is 1.62. The molecular formula is C17H17NO3S. The first-order chi connectivity index (χ1) is 10.7. The number of ether oxygens (including phenoxy) is 1. The van der Waals surface area contributed by atoms with Crippen LogP contribution in [0.25, 0.3) is 0 Å². The van der Waals surface area contributed by atoms with E-state index in [1.165, 1.54) is 0 Å². The SMILES string of the molecule is COc1ccc([C@@H]2Sc3ccccc3NC(C=O)C2O)cc1. The lowest BCUT2D eigenvalue weighted by atomic mass is 10.0. The number of nitrogens with one attached hydrogen (secondary N) is 1. The van der Waals surface area contributed by atoms with Crippen LogP contribution >= 0.6 is 11.8 Å². The smallest absolute Gasteiger partial charge is 0.144 e. The van der Waals surface area contributed by atoms with E-state index in [-0.39, 0.29) is 5.25 Å². The maximum atomic E-state index is 11.4. The molecule has 0 spiro atoms. The fourth-order valence-electron chi connectivity index (χ4n) is 2.52. The number of fused-ring (bicyclic) bond motifs is 1. The van der Waals surface area contributed by atoms with Gasteiger partial charge in [0.1, 0.15) is 18.1 Å². The van der Waals surface area contributed by atoms with Crippen molar-refractivity contribution in [2.45, 2.75) is 22.3 Å². The van der Waals surface area contributed by atoms with E-state index in [1.54, 1.807) is 18.9 Å². The second-order valence-electron chi connectivity index (χ2n) is 5.10. The topological polar surface area (TPSA) is 58.6 Å². The van der Waals surface area contributed by atoms with Crippen LogP contribution in [0.2, 0.25) is 0 Å². The van der Waals surface area contributed by atoms with Crippen LogP contribution in [-0.4, -0.2) is 30.6 Å². The quantitative estimate of drug-likeness (QED) is 0.853. The third-order valence-corrected chi connectivity index (χ3v) is 5.15. The summed E-state index contributed by atoms with van der Waals surface area (Å²) in [6, 6.07) is 14.7. The standard InChI is InChI=1S/C17H17NO3S/c1-21-12-8-6-11(7-9-12)17-16(20)14(10-19)18-13-4-2-3-5-15(13)22-17/h2-10,14,16-18,20H,1H3/t14?,16?,17-/m0/s1. The molecule has 0 aliphatic carbocycles. The second kappa shape index (κ2) is 6.42. The molecule has 2 N–H and O–H groups in total. The van der Waals surface area contributed by atoms with Crippen molar-refractivity contribution in [3.63, 3.8) is 0 Å². The van der Waals surface area contributed by atoms with Crippen LogP contribution in [-0.2, 0) is 4.79 Å². The van der Waals surface area contributed by atoms with Gasteiger partial charge >= 0.3 is 0 Å². The van der Waals surface area contributed by atoms with Crippen molar-refractivity contribution in [1.82, 2.24) is 0 Å². The van der Waals surface area contributed by atoms with Gasteiger partial charge in [-0.05, 0) is 29.8 Å². The number of aldehydes is 1. The van der Waals surface area contributed by atoms with Gasteiger partial charge in [-0.3, -0.25) is 0 Å². The van der Waals surface area contributed by atoms with Crippen molar-refractivity contribution in [3.8, 4) is 5.75 Å². The number of methoxy groups -OCH3 is 1. The monoisotopic (exact) mass is 315 g/mol. The summed E-state index contributed by atoms with van der Waals surface area (Å²) in [4.78, 5) is 12.4. The number of aliphatic hydroxyl groups is 1. The Balaban J connectivity index is 1.99. The van der Waals surface area contributed by atoms with Gasteiger partial charge in [-0.2, -0.15) is 0 Å². The molecule has 0 bridgehead atoms. The number of carbonyl (C=O) groups excluding carboxylic acids is 1. The molecule has 1 heterocycles. The number of hydrogen-bond donors (Lipinski definition) is 2. The maximum absolute atomic E-state index is 11.4. The summed E-state index contributed by atoms with van der Waals surface area (Å²) < 4.78 is 5.17. The highest BCUT2D eigenvalue weighted by molar-refractivity contribution is 7.99. The van der Waals surface area contributed by atoms with Gasteiger partial charge < -0.3 is 20.0 Å². The second-order valence-corrected chi connectivity index (χ2v) is 6.29. The first-order valence-corrected chi connectivity index (χ1v) is 7.90. The van der Waals surface area contributed by atoms with E-state index in [1.807, 2.05) is 48.5 Å². The fraction of sp³-hybridized carbons (Fsp3) is 0.235. The molecule has 2 aromatic carbocycles. The maximum Gasteiger partial charge on any atom is 0.144 e. The van der Waals surface area contributed by atoms with Gasteiger partial charge in [-0.25, -0.2) is 0 Å². The Kier molecular flexibility index (Phi) is 4.36. The molecule has 3 atom stereocenters. The van der Waals surface area contributed by atoms with Crippen molar-refractivity contribution in [3.05, 3.63) is 54.1 Å². The van der Waals surface area contributed by atoms with Gasteiger partial charge in [-0.1, -0.05) is 24.3 Å². The number of benzene rings is 2. The largest absolute Gasteiger partial charge is 0.497 e. The number of rotatable bonds is 3. The average Bonchev–Trinajstić information content (AvgIpc) is 2.72. The van der Waals surface area contributed by atoms with Crippen LogP contribution in [0.15, 0.2) is 53.4 Å². The Morgan fingerprint density at radius 3 is 2.59 bits per heavy atom. The van der Waals surface area contributed by atoms with Crippen molar-refractivity contribution >= 4 is 23.7 Å². The molecule has 0 aromatic heterocycles. The zero-order valence-corrected chi connectivity index (χ0v) is 12.9. The molecule has 0 saturated heterocycles. The lowest BCUT2D eigenvalue weighted by Gasteiger charge is -2.24. The predicted molar refractivity (Wildman–Crippen MR) is 87.5 cm³/mol. The fourth-order valence-corrected chi connectivity index (χ4v) is 3.81. The molecule has 0 amide bonds. The number of carbonyl (C=O) groups is 1. The Morgan fingerprint density at radius 2 is 1.91 bits per heavy atom. The first-order valence-electron chi connectivity index (χ1n) is 7.02. The van der Waals surface area contributed by atoms with E-state index in [9.17, 15) is 9.90 Å². The van der Waals surface area contributed by atoms with Crippen molar-refractivity contribution in [2.75, 3.05) is 12.4 Å². The normalized spacial score (nSPS) is 23.8. The van der Waals surface area contributed by atoms with Crippen LogP contribution in [0.4, 0.5) is 5.69 Å². The van der Waals surface area contributed by atoms with Gasteiger partial charge in [0, 0.05) is 10.6 Å². The van der Waals surface area contributed by atoms with Gasteiger partial charge in [0.2, 0.25) is 0 Å². The van der Waals surface area contributed by atoms with Gasteiger partial charge in [0.05, 0.1) is 18.5 Å². The number of thioether (sulfide) groups is 1. The summed E-state index contributed by atoms with van der Waals surface area (Å²) in [5.74, 6) is 0.766. The highest BCUT2D eigenvalue weighted by atomic mass is 32.2. The molecule has 0 saturated carbocycles. The molecule has 5 heteroatoms. The highest BCUT2D eigenvalue weighted by Gasteiger charge is 2.33. The number of para-hydroxylation sites is 1. The Morgan fingerprint density at radius 1 is 1.18 bits per heavy atom. The summed E-state index contributed by atoms with van der Waals surface area (Å²) in [6.45, 7) is 0. The molecule has 1 aliphatic heterocycles. The van der Waals surface area contributed by atoms with E-state index in [0.717, 1.165) is 28.2 Å². The molecule has 114 valence electrons. The summed E-state index contributed by atoms with van der Waals surface area (Å²) >= 11 is 1.56. The van der Waals surface area contributed by atoms with E-state index >= 15 is 0 Å². The van der Waals surface area contributed by atoms with Crippen molar-refractivity contribution in [2.24, 2.45) is 0 Å². The van der Waals surface area contributed by atoms with Gasteiger partial charge in [0.15, 0.2) is 0 Å². The van der Waals surface area contributed by atoms with Gasteiger partial charge in [-0.15, -0.1) is 11.8 Å². The molecule has 1 aliphatic rings. The van der Waals surface area contributed by atoms with Crippen molar-refractivity contribution < 1.29 is 14.6 Å². The highest BCUT2D eigenvalue weighted by Crippen LogP contribution is 2.44. The lowest BCUT2D eigenvalue weighted by molar-refractivity contribution is -0.110. The van der Waals surface area contributed by atoms with Crippen LogP contribution in [0.1, 0.15) is 10.8 Å². The first kappa shape index (κ1) is 14.9. The number of hydrogen-bond acceptors (Lipinski definition) is 5. The minimum Gasteiger partial charge on any atom is -0.497 e. The lowest BCUT2D eigenvalue weighted by Crippen LogP contribution is -2.37. The third kappa shape index (κ3) is 2.82. The van der Waals surface area contributed by atoms with E-state index in [0.29, 0.717) is 0 Å². The Bertz CT molecular complexity index is 659. The van der Waals surface area contributed by atoms with E-state index < -0.39 is 12.1 Å². The summed E-state index contributed by atoms with van der Waals surface area (Å²) in [5.41, 5.74) is 1.84. The minimum atomic E-state index is -0.816. The molecule has 0 radical (unpaired) electrons. The molecule has 0 fully saturated rings. The number of aliphatic hydroxyl groups excluding tert-OH is 1. The summed E-state index contributed by atoms with van der Waals surface area (Å²) in [6.07, 6.45) is -0.0487. The summed E-state index contributed by atoms with van der Waals surface area (Å²) in [5, 5.41) is 13.5. The molecule has 3 rings (SSSR count). The van der Waals surface area contributed by atoms with E-state index in [2.05, 4.69) is 5.32 Å². The average molecular weight is 315 g/mol. The predicted octanol–water partition coefficient (Wildman–Crippen LogP) is 2.88.